The van der Waals surface area contributed by atoms with Crippen LogP contribution in [0.3, 0.4) is 0 Å². The van der Waals surface area contributed by atoms with Gasteiger partial charge in [0.2, 0.25) is 0 Å². The Balaban J connectivity index is 3.42. The second-order valence-electron chi connectivity index (χ2n) is 2.57. The average molecular weight is 295 g/mol. The Morgan fingerprint density at radius 2 is 2.07 bits per heavy atom. The second kappa shape index (κ2) is 4.27. The van der Waals surface area contributed by atoms with Crippen molar-refractivity contribution in [3.8, 4) is 0 Å². The van der Waals surface area contributed by atoms with Crippen molar-refractivity contribution < 1.29 is 18.3 Å². The zero-order chi connectivity index (χ0) is 11.6. The van der Waals surface area contributed by atoms with Gasteiger partial charge in [-0.15, -0.1) is 0 Å². The molecule has 6 nitrogen and oxygen atoms in total. The molecule has 1 aromatic rings. The Labute approximate surface area is 94.2 Å². The molecule has 0 saturated carbocycles. The van der Waals surface area contributed by atoms with Gasteiger partial charge in [0, 0.05) is 4.47 Å². The number of sulfonamides is 1. The summed E-state index contributed by atoms with van der Waals surface area (Å²) >= 11 is 2.99. The minimum absolute atomic E-state index is 0.132. The molecule has 15 heavy (non-hydrogen) atoms. The Kier molecular flexibility index (Phi) is 3.45. The normalized spacial score (nSPS) is 11.3. The van der Waals surface area contributed by atoms with Gasteiger partial charge in [0.05, 0.1) is 10.5 Å². The molecular weight excluding hydrogens is 288 g/mol. The van der Waals surface area contributed by atoms with Crippen LogP contribution in [0.25, 0.3) is 0 Å². The van der Waals surface area contributed by atoms with Gasteiger partial charge < -0.3 is 5.11 Å². The molecule has 0 aliphatic carbocycles. The fourth-order valence-electron chi connectivity index (χ4n) is 0.906. The Morgan fingerprint density at radius 3 is 2.53 bits per heavy atom. The van der Waals surface area contributed by atoms with Gasteiger partial charge in [0.25, 0.3) is 10.0 Å². The molecule has 0 fully saturated rings. The first-order valence-electron chi connectivity index (χ1n) is 3.64. The molecule has 1 aromatic carbocycles. The van der Waals surface area contributed by atoms with Crippen molar-refractivity contribution in [2.45, 2.75) is 4.90 Å². The van der Waals surface area contributed by atoms with Crippen LogP contribution in [0.2, 0.25) is 0 Å². The number of nitrogens with one attached hydrogen (secondary N) is 1. The number of benzene rings is 1. The molecule has 8 heteroatoms. The number of carbonyl (C=O) groups is 1. The highest BCUT2D eigenvalue weighted by molar-refractivity contribution is 9.10. The van der Waals surface area contributed by atoms with E-state index in [2.05, 4.69) is 15.9 Å². The van der Waals surface area contributed by atoms with Crippen molar-refractivity contribution in [3.63, 3.8) is 0 Å². The maximum Gasteiger partial charge on any atom is 0.335 e. The van der Waals surface area contributed by atoms with Crippen LogP contribution in [0.4, 0.5) is 0 Å². The summed E-state index contributed by atoms with van der Waals surface area (Å²) < 4.78 is 22.9. The smallest absolute Gasteiger partial charge is 0.335 e. The summed E-state index contributed by atoms with van der Waals surface area (Å²) in [5.74, 6) is 3.62. The van der Waals surface area contributed by atoms with Crippen LogP contribution < -0.4 is 10.7 Å². The molecule has 0 aromatic heterocycles. The van der Waals surface area contributed by atoms with Gasteiger partial charge in [-0.05, 0) is 34.1 Å². The van der Waals surface area contributed by atoms with E-state index >= 15 is 0 Å². The van der Waals surface area contributed by atoms with E-state index in [4.69, 9.17) is 10.9 Å². The molecule has 0 unspecified atom stereocenters. The van der Waals surface area contributed by atoms with Gasteiger partial charge >= 0.3 is 5.97 Å². The van der Waals surface area contributed by atoms with Crippen LogP contribution in [-0.4, -0.2) is 19.5 Å². The van der Waals surface area contributed by atoms with Crippen molar-refractivity contribution >= 4 is 31.9 Å². The molecule has 4 N–H and O–H groups in total. The van der Waals surface area contributed by atoms with Crippen LogP contribution in [0.5, 0.6) is 0 Å². The quantitative estimate of drug-likeness (QED) is 0.549. The average Bonchev–Trinajstić information content (AvgIpc) is 2.17. The molecule has 0 spiro atoms. The van der Waals surface area contributed by atoms with Crippen LogP contribution in [0, 0.1) is 0 Å². The van der Waals surface area contributed by atoms with E-state index in [1.807, 2.05) is 0 Å². The molecule has 82 valence electrons. The second-order valence-corrected chi connectivity index (χ2v) is 5.11. The molecule has 0 heterocycles. The zero-order valence-corrected chi connectivity index (χ0v) is 9.67. The van der Waals surface area contributed by atoms with Gasteiger partial charge in [0.15, 0.2) is 0 Å². The minimum atomic E-state index is -3.87. The predicted octanol–water partition coefficient (Wildman–Crippen LogP) is 0.299. The van der Waals surface area contributed by atoms with E-state index in [1.54, 1.807) is 4.83 Å². The zero-order valence-electron chi connectivity index (χ0n) is 7.27. The lowest BCUT2D eigenvalue weighted by molar-refractivity contribution is 0.0696. The van der Waals surface area contributed by atoms with Crippen molar-refractivity contribution in [2.24, 2.45) is 5.84 Å². The van der Waals surface area contributed by atoms with Crippen molar-refractivity contribution in [1.82, 2.24) is 4.83 Å². The summed E-state index contributed by atoms with van der Waals surface area (Å²) in [5, 5.41) is 8.68. The summed E-state index contributed by atoms with van der Waals surface area (Å²) in [4.78, 5) is 12.0. The van der Waals surface area contributed by atoms with Crippen LogP contribution in [-0.2, 0) is 10.0 Å². The first-order valence-corrected chi connectivity index (χ1v) is 5.91. The summed E-state index contributed by atoms with van der Waals surface area (Å²) in [6, 6.07) is 3.62. The number of carboxylic acid groups (broad SMARTS) is 1. The highest BCUT2D eigenvalue weighted by Gasteiger charge is 2.18. The lowest BCUT2D eigenvalue weighted by atomic mass is 10.2. The third kappa shape index (κ3) is 2.53. The minimum Gasteiger partial charge on any atom is -0.478 e. The third-order valence-electron chi connectivity index (χ3n) is 1.62. The molecule has 0 atom stereocenters. The predicted molar refractivity (Wildman–Crippen MR) is 55.6 cm³/mol. The lowest BCUT2D eigenvalue weighted by Crippen LogP contribution is -2.30. The number of halogens is 1. The standard InChI is InChI=1S/C7H7BrN2O4S/c8-5-2-1-4(7(11)12)3-6(5)15(13,14)10-9/h1-3,10H,9H2,(H,11,12). The first-order chi connectivity index (χ1) is 6.88. The molecule has 0 amide bonds. The van der Waals surface area contributed by atoms with E-state index in [1.165, 1.54) is 12.1 Å². The third-order valence-corrected chi connectivity index (χ3v) is 3.80. The number of aromatic carboxylic acids is 1. The molecule has 0 radical (unpaired) electrons. The highest BCUT2D eigenvalue weighted by atomic mass is 79.9. The summed E-state index contributed by atoms with van der Waals surface area (Å²) in [6.07, 6.45) is 0. The van der Waals surface area contributed by atoms with E-state index in [0.29, 0.717) is 0 Å². The number of nitrogens with two attached hydrogens (primary N) is 1. The highest BCUT2D eigenvalue weighted by Crippen LogP contribution is 2.22. The molecular formula is C7H7BrN2O4S. The molecule has 0 bridgehead atoms. The SMILES string of the molecule is NNS(=O)(=O)c1cc(C(=O)O)ccc1Br. The van der Waals surface area contributed by atoms with Crippen LogP contribution in [0.1, 0.15) is 10.4 Å². The largest absolute Gasteiger partial charge is 0.478 e. The van der Waals surface area contributed by atoms with E-state index in [9.17, 15) is 13.2 Å². The van der Waals surface area contributed by atoms with Crippen LogP contribution >= 0.6 is 15.9 Å². The summed E-state index contributed by atoms with van der Waals surface area (Å²) in [6.45, 7) is 0. The Morgan fingerprint density at radius 1 is 1.47 bits per heavy atom. The Hall–Kier alpha value is -0.960. The Bertz CT molecular complexity index is 500. The summed E-state index contributed by atoms with van der Waals surface area (Å²) in [7, 11) is -3.87. The number of rotatable bonds is 3. The molecule has 1 rings (SSSR count). The topological polar surface area (TPSA) is 109 Å². The fraction of sp³-hybridized carbons (Fsp3) is 0. The number of hydrogen-bond donors (Lipinski definition) is 3. The maximum atomic E-state index is 11.3. The van der Waals surface area contributed by atoms with Crippen molar-refractivity contribution in [3.05, 3.63) is 28.2 Å². The van der Waals surface area contributed by atoms with Crippen LogP contribution in [0.15, 0.2) is 27.6 Å². The lowest BCUT2D eigenvalue weighted by Gasteiger charge is -2.05. The van der Waals surface area contributed by atoms with E-state index < -0.39 is 16.0 Å². The van der Waals surface area contributed by atoms with Crippen molar-refractivity contribution in [1.29, 1.82) is 0 Å². The monoisotopic (exact) mass is 294 g/mol. The van der Waals surface area contributed by atoms with E-state index in [0.717, 1.165) is 6.07 Å². The number of carboxylic acids is 1. The number of hydrogen-bond acceptors (Lipinski definition) is 4. The van der Waals surface area contributed by atoms with Gasteiger partial charge in [-0.1, -0.05) is 0 Å². The molecule has 0 aliphatic rings. The van der Waals surface area contributed by atoms with Gasteiger partial charge in [-0.3, -0.25) is 5.84 Å². The molecule has 0 aliphatic heterocycles. The maximum absolute atomic E-state index is 11.3. The molecule has 0 saturated heterocycles. The van der Waals surface area contributed by atoms with Crippen molar-refractivity contribution in [2.75, 3.05) is 0 Å². The fourth-order valence-corrected chi connectivity index (χ4v) is 2.53. The van der Waals surface area contributed by atoms with Gasteiger partial charge in [0.1, 0.15) is 0 Å². The van der Waals surface area contributed by atoms with Gasteiger partial charge in [-0.2, -0.15) is 4.83 Å². The van der Waals surface area contributed by atoms with Gasteiger partial charge in [-0.25, -0.2) is 13.2 Å². The first kappa shape index (κ1) is 12.1. The number of hydrazine groups is 1. The summed E-state index contributed by atoms with van der Waals surface area (Å²) in [5.41, 5.74) is -0.132. The van der Waals surface area contributed by atoms with E-state index in [-0.39, 0.29) is 14.9 Å².